The number of aromatic nitrogens is 1. The van der Waals surface area contributed by atoms with Crippen LogP contribution < -0.4 is 4.74 Å². The molecule has 1 aromatic heterocycles. The Morgan fingerprint density at radius 2 is 1.44 bits per heavy atom. The largest absolute Gasteiger partial charge is 0.508 e. The minimum absolute atomic E-state index is 0.109. The number of benzene rings is 3. The summed E-state index contributed by atoms with van der Waals surface area (Å²) in [5, 5.41) is 23.5. The Labute approximate surface area is 210 Å². The van der Waals surface area contributed by atoms with E-state index in [0.717, 1.165) is 26.1 Å². The predicted molar refractivity (Wildman–Crippen MR) is 138 cm³/mol. The van der Waals surface area contributed by atoms with Crippen molar-refractivity contribution in [1.82, 2.24) is 10.1 Å². The van der Waals surface area contributed by atoms with Crippen LogP contribution in [0.25, 0.3) is 22.6 Å². The highest BCUT2D eigenvalue weighted by atomic mass is 16.5. The van der Waals surface area contributed by atoms with Crippen LogP contribution in [0.15, 0.2) is 77.3 Å². The van der Waals surface area contributed by atoms with E-state index in [9.17, 15) is 15.0 Å². The molecule has 186 valence electrons. The molecule has 0 fully saturated rings. The van der Waals surface area contributed by atoms with E-state index in [4.69, 9.17) is 9.26 Å². The van der Waals surface area contributed by atoms with Gasteiger partial charge in [0.15, 0.2) is 11.5 Å². The molecule has 0 unspecified atom stereocenters. The predicted octanol–water partition coefficient (Wildman–Crippen LogP) is 5.76. The van der Waals surface area contributed by atoms with Crippen molar-refractivity contribution in [3.8, 4) is 39.8 Å². The van der Waals surface area contributed by atoms with Gasteiger partial charge in [-0.05, 0) is 92.3 Å². The lowest BCUT2D eigenvalue weighted by Gasteiger charge is -2.17. The van der Waals surface area contributed by atoms with Crippen molar-refractivity contribution in [2.45, 2.75) is 20.3 Å². The van der Waals surface area contributed by atoms with Crippen molar-refractivity contribution < 1.29 is 24.3 Å². The zero-order valence-electron chi connectivity index (χ0n) is 20.5. The number of phenolic OH excluding ortho intramolecular Hbond substituents is 2. The smallest absolute Gasteiger partial charge is 0.199 e. The lowest BCUT2D eigenvalue weighted by Crippen LogP contribution is -2.25. The van der Waals surface area contributed by atoms with Crippen molar-refractivity contribution in [1.29, 1.82) is 0 Å². The first-order valence-corrected chi connectivity index (χ1v) is 12.1. The Morgan fingerprint density at radius 3 is 2.03 bits per heavy atom. The molecular weight excluding hydrogens is 456 g/mol. The van der Waals surface area contributed by atoms with Gasteiger partial charge in [0.05, 0.1) is 12.2 Å². The zero-order chi connectivity index (χ0) is 25.5. The summed E-state index contributed by atoms with van der Waals surface area (Å²) < 4.78 is 11.5. The van der Waals surface area contributed by atoms with E-state index in [2.05, 4.69) is 23.9 Å². The molecule has 0 amide bonds. The number of aromatic hydroxyl groups is 2. The Morgan fingerprint density at radius 1 is 0.861 bits per heavy atom. The molecule has 0 saturated carbocycles. The van der Waals surface area contributed by atoms with E-state index >= 15 is 0 Å². The highest BCUT2D eigenvalue weighted by Gasteiger charge is 2.26. The summed E-state index contributed by atoms with van der Waals surface area (Å²) in [6, 6.07) is 19.9. The van der Waals surface area contributed by atoms with Gasteiger partial charge in [-0.1, -0.05) is 19.0 Å². The van der Waals surface area contributed by atoms with Crippen molar-refractivity contribution in [3.05, 3.63) is 83.9 Å². The van der Waals surface area contributed by atoms with Gasteiger partial charge < -0.3 is 24.4 Å². The molecule has 0 bridgehead atoms. The SMILES string of the molecule is CCN(CC)CCCOc1ccc(C(=O)c2c(-c3ccc(O)cc3)noc2-c2ccc(O)cc2)cc1. The molecule has 0 saturated heterocycles. The van der Waals surface area contributed by atoms with Crippen LogP contribution in [0.2, 0.25) is 0 Å². The third kappa shape index (κ3) is 5.75. The van der Waals surface area contributed by atoms with Crippen LogP contribution >= 0.6 is 0 Å². The molecule has 1 heterocycles. The lowest BCUT2D eigenvalue weighted by molar-refractivity contribution is 0.103. The number of carbonyl (C=O) groups is 1. The third-order valence-corrected chi connectivity index (χ3v) is 6.09. The van der Waals surface area contributed by atoms with E-state index in [1.54, 1.807) is 48.5 Å². The van der Waals surface area contributed by atoms with Crippen LogP contribution in [0.3, 0.4) is 0 Å². The average Bonchev–Trinajstić information content (AvgIpc) is 3.35. The van der Waals surface area contributed by atoms with E-state index in [-0.39, 0.29) is 17.3 Å². The Bertz CT molecular complexity index is 1210. The molecule has 0 atom stereocenters. The van der Waals surface area contributed by atoms with E-state index in [1.807, 2.05) is 0 Å². The molecule has 3 aromatic carbocycles. The van der Waals surface area contributed by atoms with Crippen LogP contribution in [-0.2, 0) is 0 Å². The maximum atomic E-state index is 13.7. The maximum Gasteiger partial charge on any atom is 0.199 e. The Kier molecular flexibility index (Phi) is 8.02. The topological polar surface area (TPSA) is 96.0 Å². The molecule has 0 aliphatic rings. The fraction of sp³-hybridized carbons (Fsp3) is 0.241. The molecule has 0 aliphatic heterocycles. The maximum absolute atomic E-state index is 13.7. The van der Waals surface area contributed by atoms with Gasteiger partial charge in [0, 0.05) is 23.2 Å². The number of carbonyl (C=O) groups excluding carboxylic acids is 1. The van der Waals surface area contributed by atoms with E-state index in [1.165, 1.54) is 24.3 Å². The first-order chi connectivity index (χ1) is 17.5. The summed E-state index contributed by atoms with van der Waals surface area (Å²) in [5.41, 5.74) is 2.40. The van der Waals surface area contributed by atoms with Crippen LogP contribution in [0.5, 0.6) is 17.2 Å². The lowest BCUT2D eigenvalue weighted by atomic mass is 9.95. The summed E-state index contributed by atoms with van der Waals surface area (Å²) in [6.45, 7) is 7.93. The Hall–Kier alpha value is -4.10. The van der Waals surface area contributed by atoms with Crippen molar-refractivity contribution in [2.75, 3.05) is 26.2 Å². The minimum Gasteiger partial charge on any atom is -0.508 e. The van der Waals surface area contributed by atoms with Gasteiger partial charge in [-0.15, -0.1) is 0 Å². The fourth-order valence-electron chi connectivity index (χ4n) is 3.99. The van der Waals surface area contributed by atoms with Crippen LogP contribution in [-0.4, -0.2) is 52.3 Å². The van der Waals surface area contributed by atoms with Gasteiger partial charge in [-0.3, -0.25) is 4.79 Å². The highest BCUT2D eigenvalue weighted by molar-refractivity contribution is 6.15. The molecule has 7 nitrogen and oxygen atoms in total. The standard InChI is InChI=1S/C29H30N2O5/c1-3-31(4-2)18-5-19-35-25-16-10-21(11-17-25)28(34)26-27(20-6-12-23(32)13-7-20)30-36-29(26)22-8-14-24(33)15-9-22/h6-17,32-33H,3-5,18-19H2,1-2H3. The van der Waals surface area contributed by atoms with Gasteiger partial charge in [0.1, 0.15) is 22.9 Å². The van der Waals surface area contributed by atoms with Crippen LogP contribution in [0.4, 0.5) is 0 Å². The molecule has 0 spiro atoms. The quantitative estimate of drug-likeness (QED) is 0.205. The highest BCUT2D eigenvalue weighted by Crippen LogP contribution is 2.35. The van der Waals surface area contributed by atoms with Crippen molar-refractivity contribution in [3.63, 3.8) is 0 Å². The number of nitrogens with zero attached hydrogens (tertiary/aromatic N) is 2. The van der Waals surface area contributed by atoms with Gasteiger partial charge in [-0.25, -0.2) is 0 Å². The second-order valence-corrected chi connectivity index (χ2v) is 8.41. The summed E-state index contributed by atoms with van der Waals surface area (Å²) >= 11 is 0. The van der Waals surface area contributed by atoms with Crippen molar-refractivity contribution >= 4 is 5.78 Å². The zero-order valence-corrected chi connectivity index (χ0v) is 20.5. The fourth-order valence-corrected chi connectivity index (χ4v) is 3.99. The normalized spacial score (nSPS) is 11.1. The molecule has 7 heteroatoms. The molecule has 2 N–H and O–H groups in total. The number of ketones is 1. The number of phenols is 2. The first-order valence-electron chi connectivity index (χ1n) is 12.1. The van der Waals surface area contributed by atoms with Crippen LogP contribution in [0.1, 0.15) is 36.2 Å². The summed E-state index contributed by atoms with van der Waals surface area (Å²) in [7, 11) is 0. The van der Waals surface area contributed by atoms with Gasteiger partial charge >= 0.3 is 0 Å². The second-order valence-electron chi connectivity index (χ2n) is 8.41. The van der Waals surface area contributed by atoms with E-state index < -0.39 is 0 Å². The van der Waals surface area contributed by atoms with E-state index in [0.29, 0.717) is 46.1 Å². The number of hydrogen-bond donors (Lipinski definition) is 2. The Balaban J connectivity index is 1.59. The first kappa shape index (κ1) is 25.0. The summed E-state index contributed by atoms with van der Waals surface area (Å²) in [4.78, 5) is 16.0. The molecular formula is C29H30N2O5. The van der Waals surface area contributed by atoms with Gasteiger partial charge in [-0.2, -0.15) is 0 Å². The number of hydrogen-bond acceptors (Lipinski definition) is 7. The molecule has 0 aliphatic carbocycles. The van der Waals surface area contributed by atoms with Gasteiger partial charge in [0.25, 0.3) is 0 Å². The van der Waals surface area contributed by atoms with Crippen LogP contribution in [0, 0.1) is 0 Å². The summed E-state index contributed by atoms with van der Waals surface area (Å²) in [6.07, 6.45) is 0.926. The molecule has 4 rings (SSSR count). The molecule has 4 aromatic rings. The third-order valence-electron chi connectivity index (χ3n) is 6.09. The monoisotopic (exact) mass is 486 g/mol. The average molecular weight is 487 g/mol. The van der Waals surface area contributed by atoms with Crippen molar-refractivity contribution in [2.24, 2.45) is 0 Å². The molecule has 36 heavy (non-hydrogen) atoms. The van der Waals surface area contributed by atoms with Gasteiger partial charge in [0.2, 0.25) is 0 Å². The number of ether oxygens (including phenoxy) is 1. The molecule has 0 radical (unpaired) electrons. The number of rotatable bonds is 11. The minimum atomic E-state index is -0.254. The second kappa shape index (κ2) is 11.6. The summed E-state index contributed by atoms with van der Waals surface area (Å²) in [5.74, 6) is 0.975.